The van der Waals surface area contributed by atoms with E-state index in [1.54, 1.807) is 0 Å². The molecule has 3 atom stereocenters. The third-order valence-electron chi connectivity index (χ3n) is 5.82. The van der Waals surface area contributed by atoms with Crippen LogP contribution in [0.5, 0.6) is 0 Å². The molecule has 0 amide bonds. The standard InChI is InChI=1S/C16H22O4/c1-15-7-4-8-16(2,14(18)19-3)11(15)6-5-10-9-20-13(17)12(10)15/h11H,4-9H2,1-3H3/t11-,15+,16+/m1/s1. The predicted molar refractivity (Wildman–Crippen MR) is 72.8 cm³/mol. The summed E-state index contributed by atoms with van der Waals surface area (Å²) < 4.78 is 10.3. The number of ether oxygens (including phenoxy) is 2. The number of esters is 2. The second-order valence-electron chi connectivity index (χ2n) is 6.83. The minimum Gasteiger partial charge on any atom is -0.469 e. The molecule has 1 heterocycles. The first-order valence-corrected chi connectivity index (χ1v) is 7.41. The van der Waals surface area contributed by atoms with Crippen LogP contribution < -0.4 is 0 Å². The molecule has 20 heavy (non-hydrogen) atoms. The molecule has 0 aromatic carbocycles. The van der Waals surface area contributed by atoms with E-state index >= 15 is 0 Å². The summed E-state index contributed by atoms with van der Waals surface area (Å²) in [6, 6.07) is 0. The third-order valence-corrected chi connectivity index (χ3v) is 5.82. The fourth-order valence-corrected chi connectivity index (χ4v) is 4.88. The highest BCUT2D eigenvalue weighted by molar-refractivity contribution is 5.94. The summed E-state index contributed by atoms with van der Waals surface area (Å²) in [6.45, 7) is 4.59. The maximum absolute atomic E-state index is 12.3. The van der Waals surface area contributed by atoms with Crippen LogP contribution in [0.1, 0.15) is 46.0 Å². The van der Waals surface area contributed by atoms with Gasteiger partial charge in [-0.1, -0.05) is 13.3 Å². The van der Waals surface area contributed by atoms with Gasteiger partial charge in [0.1, 0.15) is 6.61 Å². The zero-order valence-corrected chi connectivity index (χ0v) is 12.5. The molecule has 1 saturated carbocycles. The van der Waals surface area contributed by atoms with E-state index in [0.717, 1.165) is 43.3 Å². The van der Waals surface area contributed by atoms with Crippen molar-refractivity contribution in [3.05, 3.63) is 11.1 Å². The fraction of sp³-hybridized carbons (Fsp3) is 0.750. The topological polar surface area (TPSA) is 52.6 Å². The largest absolute Gasteiger partial charge is 0.469 e. The molecule has 0 spiro atoms. The number of fused-ring (bicyclic) bond motifs is 2. The first-order chi connectivity index (χ1) is 9.43. The van der Waals surface area contributed by atoms with Crippen LogP contribution in [0.4, 0.5) is 0 Å². The minimum atomic E-state index is -0.483. The lowest BCUT2D eigenvalue weighted by molar-refractivity contribution is -0.163. The van der Waals surface area contributed by atoms with Crippen molar-refractivity contribution in [2.24, 2.45) is 16.7 Å². The van der Waals surface area contributed by atoms with Crippen LogP contribution in [-0.4, -0.2) is 25.7 Å². The van der Waals surface area contributed by atoms with Crippen LogP contribution in [0.3, 0.4) is 0 Å². The van der Waals surface area contributed by atoms with Crippen molar-refractivity contribution in [3.8, 4) is 0 Å². The van der Waals surface area contributed by atoms with Gasteiger partial charge in [0.15, 0.2) is 0 Å². The van der Waals surface area contributed by atoms with E-state index in [9.17, 15) is 9.59 Å². The molecule has 0 N–H and O–H groups in total. The quantitative estimate of drug-likeness (QED) is 0.692. The van der Waals surface area contributed by atoms with Gasteiger partial charge in [0.25, 0.3) is 0 Å². The molecule has 1 aliphatic heterocycles. The average Bonchev–Trinajstić information content (AvgIpc) is 2.80. The monoisotopic (exact) mass is 278 g/mol. The van der Waals surface area contributed by atoms with Crippen LogP contribution in [0.2, 0.25) is 0 Å². The summed E-state index contributed by atoms with van der Waals surface area (Å²) in [4.78, 5) is 24.4. The molecule has 0 unspecified atom stereocenters. The maximum Gasteiger partial charge on any atom is 0.334 e. The molecule has 2 aliphatic carbocycles. The Morgan fingerprint density at radius 3 is 2.80 bits per heavy atom. The van der Waals surface area contributed by atoms with Crippen molar-refractivity contribution in [2.75, 3.05) is 13.7 Å². The summed E-state index contributed by atoms with van der Waals surface area (Å²) in [5.74, 6) is -0.134. The second-order valence-corrected chi connectivity index (χ2v) is 6.83. The van der Waals surface area contributed by atoms with Crippen molar-refractivity contribution in [1.29, 1.82) is 0 Å². The van der Waals surface area contributed by atoms with E-state index in [1.807, 2.05) is 6.92 Å². The lowest BCUT2D eigenvalue weighted by Crippen LogP contribution is -2.51. The molecule has 4 heteroatoms. The summed E-state index contributed by atoms with van der Waals surface area (Å²) in [6.07, 6.45) is 4.56. The van der Waals surface area contributed by atoms with Crippen LogP contribution >= 0.6 is 0 Å². The number of cyclic esters (lactones) is 1. The van der Waals surface area contributed by atoms with Gasteiger partial charge in [0.2, 0.25) is 0 Å². The zero-order valence-electron chi connectivity index (χ0n) is 12.5. The first-order valence-electron chi connectivity index (χ1n) is 7.41. The summed E-state index contributed by atoms with van der Waals surface area (Å²) in [7, 11) is 1.46. The Hall–Kier alpha value is -1.32. The van der Waals surface area contributed by atoms with Crippen LogP contribution in [0.25, 0.3) is 0 Å². The van der Waals surface area contributed by atoms with Gasteiger partial charge in [0.05, 0.1) is 12.5 Å². The molecule has 0 saturated heterocycles. The summed E-state index contributed by atoms with van der Waals surface area (Å²) >= 11 is 0. The number of methoxy groups -OCH3 is 1. The van der Waals surface area contributed by atoms with Gasteiger partial charge >= 0.3 is 11.9 Å². The number of hydrogen-bond donors (Lipinski definition) is 0. The van der Waals surface area contributed by atoms with E-state index in [2.05, 4.69) is 6.92 Å². The summed E-state index contributed by atoms with van der Waals surface area (Å²) in [5.41, 5.74) is 1.30. The highest BCUT2D eigenvalue weighted by atomic mass is 16.5. The molecular weight excluding hydrogens is 256 g/mol. The normalized spacial score (nSPS) is 40.0. The Balaban J connectivity index is 2.06. The highest BCUT2D eigenvalue weighted by Gasteiger charge is 2.58. The molecule has 3 aliphatic rings. The minimum absolute atomic E-state index is 0.135. The van der Waals surface area contributed by atoms with E-state index in [1.165, 1.54) is 7.11 Å². The van der Waals surface area contributed by atoms with Crippen LogP contribution in [0, 0.1) is 16.7 Å². The van der Waals surface area contributed by atoms with Crippen molar-refractivity contribution >= 4 is 11.9 Å². The Labute approximate surface area is 119 Å². The molecular formula is C16H22O4. The molecule has 3 rings (SSSR count). The first kappa shape index (κ1) is 13.7. The Bertz CT molecular complexity index is 507. The molecule has 4 nitrogen and oxygen atoms in total. The van der Waals surface area contributed by atoms with E-state index in [-0.39, 0.29) is 23.3 Å². The van der Waals surface area contributed by atoms with Gasteiger partial charge in [-0.2, -0.15) is 0 Å². The lowest BCUT2D eigenvalue weighted by atomic mass is 9.50. The Morgan fingerprint density at radius 2 is 2.10 bits per heavy atom. The number of rotatable bonds is 1. The van der Waals surface area contributed by atoms with E-state index in [4.69, 9.17) is 9.47 Å². The number of carbonyl (C=O) groups excluding carboxylic acids is 2. The second kappa shape index (κ2) is 4.34. The smallest absolute Gasteiger partial charge is 0.334 e. The van der Waals surface area contributed by atoms with Gasteiger partial charge in [-0.05, 0) is 44.1 Å². The van der Waals surface area contributed by atoms with Gasteiger partial charge in [0, 0.05) is 11.0 Å². The predicted octanol–water partition coefficient (Wildman–Crippen LogP) is 2.62. The van der Waals surface area contributed by atoms with Crippen LogP contribution in [-0.2, 0) is 19.1 Å². The summed E-state index contributed by atoms with van der Waals surface area (Å²) in [5, 5.41) is 0. The number of carbonyl (C=O) groups is 2. The fourth-order valence-electron chi connectivity index (χ4n) is 4.88. The maximum atomic E-state index is 12.3. The average molecular weight is 278 g/mol. The van der Waals surface area contributed by atoms with E-state index < -0.39 is 5.41 Å². The zero-order chi connectivity index (χ0) is 14.5. The van der Waals surface area contributed by atoms with Gasteiger partial charge in [-0.3, -0.25) is 4.79 Å². The van der Waals surface area contributed by atoms with E-state index in [0.29, 0.717) is 6.61 Å². The Morgan fingerprint density at radius 1 is 1.35 bits per heavy atom. The van der Waals surface area contributed by atoms with Crippen molar-refractivity contribution in [3.63, 3.8) is 0 Å². The van der Waals surface area contributed by atoms with Gasteiger partial charge in [-0.15, -0.1) is 0 Å². The molecule has 0 aromatic heterocycles. The Kier molecular flexibility index (Phi) is 2.96. The SMILES string of the molecule is COC(=O)[C@@]1(C)CCC[C@]2(C)C3=C(CC[C@@H]12)COC3=O. The molecule has 110 valence electrons. The van der Waals surface area contributed by atoms with Gasteiger partial charge in [-0.25, -0.2) is 4.79 Å². The molecule has 0 aromatic rings. The van der Waals surface area contributed by atoms with Crippen LogP contribution in [0.15, 0.2) is 11.1 Å². The third kappa shape index (κ3) is 1.60. The van der Waals surface area contributed by atoms with Crippen molar-refractivity contribution in [2.45, 2.75) is 46.0 Å². The van der Waals surface area contributed by atoms with Crippen molar-refractivity contribution < 1.29 is 19.1 Å². The lowest BCUT2D eigenvalue weighted by Gasteiger charge is -2.52. The van der Waals surface area contributed by atoms with Crippen molar-refractivity contribution in [1.82, 2.24) is 0 Å². The van der Waals surface area contributed by atoms with Gasteiger partial charge < -0.3 is 9.47 Å². The highest BCUT2D eigenvalue weighted by Crippen LogP contribution is 2.61. The molecule has 0 bridgehead atoms. The number of hydrogen-bond acceptors (Lipinski definition) is 4. The molecule has 0 radical (unpaired) electrons. The molecule has 1 fully saturated rings.